The zero-order valence-electron chi connectivity index (χ0n) is 12.2. The number of carbonyl (C=O) groups is 1. The van der Waals surface area contributed by atoms with Crippen molar-refractivity contribution in [2.24, 2.45) is 0 Å². The predicted molar refractivity (Wildman–Crippen MR) is 86.6 cm³/mol. The molecule has 0 aliphatic carbocycles. The van der Waals surface area contributed by atoms with Gasteiger partial charge in [0.1, 0.15) is 11.4 Å². The molecule has 1 aromatic carbocycles. The highest BCUT2D eigenvalue weighted by Gasteiger charge is 2.13. The van der Waals surface area contributed by atoms with Crippen LogP contribution in [0.5, 0.6) is 5.75 Å². The van der Waals surface area contributed by atoms with Gasteiger partial charge in [0.25, 0.3) is 11.5 Å². The number of aromatic nitrogens is 2. The fraction of sp³-hybridized carbons (Fsp3) is 0.214. The van der Waals surface area contributed by atoms with Gasteiger partial charge in [-0.1, -0.05) is 11.8 Å². The molecule has 2 aromatic rings. The van der Waals surface area contributed by atoms with Gasteiger partial charge in [0.05, 0.1) is 6.61 Å². The normalized spacial score (nSPS) is 10.3. The van der Waals surface area contributed by atoms with Crippen LogP contribution in [0, 0.1) is 0 Å². The monoisotopic (exact) mass is 320 g/mol. The molecule has 1 aromatic heterocycles. The molecular formula is C14H16N4O3S. The van der Waals surface area contributed by atoms with Crippen LogP contribution in [0.3, 0.4) is 0 Å². The van der Waals surface area contributed by atoms with Gasteiger partial charge in [-0.05, 0) is 37.4 Å². The molecule has 0 saturated heterocycles. The molecule has 0 unspecified atom stereocenters. The summed E-state index contributed by atoms with van der Waals surface area (Å²) in [7, 11) is 0. The van der Waals surface area contributed by atoms with E-state index in [-0.39, 0.29) is 11.5 Å². The van der Waals surface area contributed by atoms with E-state index < -0.39 is 11.5 Å². The van der Waals surface area contributed by atoms with Crippen LogP contribution >= 0.6 is 11.8 Å². The number of nitrogens with zero attached hydrogens (tertiary/aromatic N) is 1. The van der Waals surface area contributed by atoms with Crippen molar-refractivity contribution in [1.82, 2.24) is 9.97 Å². The van der Waals surface area contributed by atoms with E-state index in [2.05, 4.69) is 15.3 Å². The average Bonchev–Trinajstić information content (AvgIpc) is 2.51. The van der Waals surface area contributed by atoms with E-state index in [0.717, 1.165) is 0 Å². The number of H-pyrrole nitrogens is 1. The van der Waals surface area contributed by atoms with E-state index in [1.54, 1.807) is 30.5 Å². The molecule has 22 heavy (non-hydrogen) atoms. The first-order chi connectivity index (χ1) is 10.5. The molecule has 0 aliphatic heterocycles. The third-order valence-electron chi connectivity index (χ3n) is 2.79. The third-order valence-corrected chi connectivity index (χ3v) is 3.37. The molecule has 0 radical (unpaired) electrons. The summed E-state index contributed by atoms with van der Waals surface area (Å²) in [6, 6.07) is 6.57. The topological polar surface area (TPSA) is 110 Å². The Morgan fingerprint density at radius 1 is 1.41 bits per heavy atom. The number of hydrogen-bond acceptors (Lipinski definition) is 6. The number of amides is 1. The van der Waals surface area contributed by atoms with Crippen LogP contribution in [0.4, 0.5) is 11.5 Å². The Labute approximate surface area is 131 Å². The van der Waals surface area contributed by atoms with Gasteiger partial charge in [0, 0.05) is 5.56 Å². The number of nitrogens with one attached hydrogen (secondary N) is 2. The number of hydrogen-bond donors (Lipinski definition) is 3. The van der Waals surface area contributed by atoms with Gasteiger partial charge in [-0.25, -0.2) is 4.98 Å². The number of ether oxygens (including phenoxy) is 1. The standard InChI is InChI=1S/C14H16N4O3S/c1-3-21-9-6-4-8(5-7-9)12(19)16-10-11(15)17-14(22-2)18-13(10)20/h4-7H,3H2,1-2H3,(H,16,19)(H3,15,17,18,20). The molecule has 4 N–H and O–H groups in total. The highest BCUT2D eigenvalue weighted by Crippen LogP contribution is 2.16. The smallest absolute Gasteiger partial charge is 0.277 e. The minimum Gasteiger partial charge on any atom is -0.494 e. The first kappa shape index (κ1) is 15.9. The Morgan fingerprint density at radius 2 is 2.09 bits per heavy atom. The number of benzene rings is 1. The van der Waals surface area contributed by atoms with E-state index in [9.17, 15) is 9.59 Å². The third kappa shape index (κ3) is 3.59. The summed E-state index contributed by atoms with van der Waals surface area (Å²) >= 11 is 1.25. The maximum Gasteiger partial charge on any atom is 0.277 e. The molecule has 1 heterocycles. The Hall–Kier alpha value is -2.48. The van der Waals surface area contributed by atoms with Gasteiger partial charge in [0.15, 0.2) is 11.0 Å². The Bertz CT molecular complexity index is 728. The van der Waals surface area contributed by atoms with Gasteiger partial charge < -0.3 is 15.8 Å². The zero-order valence-corrected chi connectivity index (χ0v) is 13.0. The zero-order chi connectivity index (χ0) is 16.1. The second-order valence-corrected chi connectivity index (χ2v) is 5.04. The molecule has 7 nitrogen and oxygen atoms in total. The van der Waals surface area contributed by atoms with Crippen LogP contribution in [0.2, 0.25) is 0 Å². The lowest BCUT2D eigenvalue weighted by molar-refractivity contribution is 0.102. The van der Waals surface area contributed by atoms with Crippen molar-refractivity contribution in [2.45, 2.75) is 12.1 Å². The number of carbonyl (C=O) groups excluding carboxylic acids is 1. The van der Waals surface area contributed by atoms with Crippen molar-refractivity contribution >= 4 is 29.2 Å². The number of nitrogens with two attached hydrogens (primary N) is 1. The molecule has 0 fully saturated rings. The second kappa shape index (κ2) is 6.99. The Kier molecular flexibility index (Phi) is 5.05. The summed E-state index contributed by atoms with van der Waals surface area (Å²) in [5.41, 5.74) is 5.55. The molecule has 0 bridgehead atoms. The SMILES string of the molecule is CCOc1ccc(C(=O)Nc2c(N)nc(SC)[nH]c2=O)cc1. The van der Waals surface area contributed by atoms with E-state index in [0.29, 0.717) is 23.1 Å². The number of rotatable bonds is 5. The minimum absolute atomic E-state index is 0.0209. The maximum atomic E-state index is 12.1. The summed E-state index contributed by atoms with van der Waals surface area (Å²) in [5, 5.41) is 2.87. The fourth-order valence-electron chi connectivity index (χ4n) is 1.74. The quantitative estimate of drug-likeness (QED) is 0.571. The van der Waals surface area contributed by atoms with Crippen LogP contribution in [0.25, 0.3) is 0 Å². The first-order valence-corrected chi connectivity index (χ1v) is 7.75. The molecule has 8 heteroatoms. The highest BCUT2D eigenvalue weighted by atomic mass is 32.2. The molecule has 0 spiro atoms. The molecule has 116 valence electrons. The van der Waals surface area contributed by atoms with Crippen molar-refractivity contribution in [3.8, 4) is 5.75 Å². The molecule has 2 rings (SSSR count). The first-order valence-electron chi connectivity index (χ1n) is 6.53. The van der Waals surface area contributed by atoms with Crippen molar-refractivity contribution in [2.75, 3.05) is 23.9 Å². The van der Waals surface area contributed by atoms with Gasteiger partial charge >= 0.3 is 0 Å². The van der Waals surface area contributed by atoms with Crippen LogP contribution in [-0.2, 0) is 0 Å². The maximum absolute atomic E-state index is 12.1. The molecule has 1 amide bonds. The van der Waals surface area contributed by atoms with Gasteiger partial charge in [-0.15, -0.1) is 0 Å². The fourth-order valence-corrected chi connectivity index (χ4v) is 2.13. The van der Waals surface area contributed by atoms with Crippen LogP contribution in [-0.4, -0.2) is 28.7 Å². The molecule has 0 saturated carbocycles. The summed E-state index contributed by atoms with van der Waals surface area (Å²) in [6.45, 7) is 2.42. The van der Waals surface area contributed by atoms with Crippen molar-refractivity contribution in [1.29, 1.82) is 0 Å². The lowest BCUT2D eigenvalue weighted by atomic mass is 10.2. The van der Waals surface area contributed by atoms with E-state index in [1.165, 1.54) is 11.8 Å². The van der Waals surface area contributed by atoms with Gasteiger partial charge in [-0.2, -0.15) is 0 Å². The van der Waals surface area contributed by atoms with Crippen molar-refractivity contribution < 1.29 is 9.53 Å². The summed E-state index contributed by atoms with van der Waals surface area (Å²) < 4.78 is 5.30. The van der Waals surface area contributed by atoms with Crippen LogP contribution in [0.15, 0.2) is 34.2 Å². The summed E-state index contributed by atoms with van der Waals surface area (Å²) in [4.78, 5) is 30.6. The number of thioether (sulfide) groups is 1. The largest absolute Gasteiger partial charge is 0.494 e. The molecule has 0 atom stereocenters. The highest BCUT2D eigenvalue weighted by molar-refractivity contribution is 7.98. The van der Waals surface area contributed by atoms with Gasteiger partial charge in [-0.3, -0.25) is 14.6 Å². The Balaban J connectivity index is 2.20. The van der Waals surface area contributed by atoms with E-state index in [4.69, 9.17) is 10.5 Å². The van der Waals surface area contributed by atoms with Crippen LogP contribution in [0.1, 0.15) is 17.3 Å². The number of aromatic amines is 1. The molecular weight excluding hydrogens is 304 g/mol. The van der Waals surface area contributed by atoms with E-state index >= 15 is 0 Å². The lowest BCUT2D eigenvalue weighted by Crippen LogP contribution is -2.23. The van der Waals surface area contributed by atoms with Crippen molar-refractivity contribution in [3.05, 3.63) is 40.2 Å². The number of nitrogen functional groups attached to an aromatic ring is 1. The van der Waals surface area contributed by atoms with E-state index in [1.807, 2.05) is 6.92 Å². The molecule has 0 aliphatic rings. The summed E-state index contributed by atoms with van der Waals surface area (Å²) in [5.74, 6) is 0.203. The number of anilines is 2. The second-order valence-electron chi connectivity index (χ2n) is 4.25. The summed E-state index contributed by atoms with van der Waals surface area (Å²) in [6.07, 6.45) is 1.76. The van der Waals surface area contributed by atoms with Crippen LogP contribution < -0.4 is 21.3 Å². The predicted octanol–water partition coefficient (Wildman–Crippen LogP) is 1.72. The lowest BCUT2D eigenvalue weighted by Gasteiger charge is -2.08. The van der Waals surface area contributed by atoms with Crippen molar-refractivity contribution in [3.63, 3.8) is 0 Å². The minimum atomic E-state index is -0.490. The average molecular weight is 320 g/mol. The Morgan fingerprint density at radius 3 is 2.64 bits per heavy atom. The van der Waals surface area contributed by atoms with Gasteiger partial charge in [0.2, 0.25) is 0 Å².